The van der Waals surface area contributed by atoms with Gasteiger partial charge < -0.3 is 4.90 Å². The van der Waals surface area contributed by atoms with Gasteiger partial charge in [-0.2, -0.15) is 5.21 Å². The lowest BCUT2D eigenvalue weighted by molar-refractivity contribution is -0.134. The number of aromatic nitrogens is 4. The molecule has 18 heavy (non-hydrogen) atoms. The molecule has 2 atom stereocenters. The van der Waals surface area contributed by atoms with Gasteiger partial charge in [0.2, 0.25) is 5.91 Å². The van der Waals surface area contributed by atoms with Crippen LogP contribution in [0.2, 0.25) is 0 Å². The van der Waals surface area contributed by atoms with Crippen LogP contribution in [-0.2, 0) is 4.79 Å². The van der Waals surface area contributed by atoms with Gasteiger partial charge in [-0.3, -0.25) is 4.79 Å². The third-order valence-electron chi connectivity index (χ3n) is 3.68. The van der Waals surface area contributed by atoms with Gasteiger partial charge in [0.15, 0.2) is 5.82 Å². The first-order valence-electron chi connectivity index (χ1n) is 6.81. The second-order valence-corrected chi connectivity index (χ2v) is 4.85. The Bertz CT molecular complexity index is 378. The van der Waals surface area contributed by atoms with Gasteiger partial charge >= 0.3 is 0 Å². The van der Waals surface area contributed by atoms with Crippen molar-refractivity contribution in [3.05, 3.63) is 5.82 Å². The summed E-state index contributed by atoms with van der Waals surface area (Å²) in [6.07, 6.45) is 4.97. The van der Waals surface area contributed by atoms with Crippen molar-refractivity contribution < 1.29 is 4.79 Å². The SMILES string of the molecule is CCCC(C(=O)N1CCCC1CC)c1nn[nH]n1. The predicted molar refractivity (Wildman–Crippen MR) is 66.9 cm³/mol. The molecule has 6 heteroatoms. The van der Waals surface area contributed by atoms with Crippen molar-refractivity contribution >= 4 is 5.91 Å². The molecule has 2 unspecified atom stereocenters. The number of amides is 1. The van der Waals surface area contributed by atoms with Crippen molar-refractivity contribution in [2.24, 2.45) is 0 Å². The number of likely N-dealkylation sites (tertiary alicyclic amines) is 1. The minimum absolute atomic E-state index is 0.169. The van der Waals surface area contributed by atoms with Crippen molar-refractivity contribution in [1.82, 2.24) is 25.5 Å². The van der Waals surface area contributed by atoms with Gasteiger partial charge in [-0.05, 0) is 25.7 Å². The minimum atomic E-state index is -0.235. The molecule has 2 heterocycles. The lowest BCUT2D eigenvalue weighted by atomic mass is 10.0. The van der Waals surface area contributed by atoms with Gasteiger partial charge in [0, 0.05) is 12.6 Å². The molecule has 1 aromatic heterocycles. The Balaban J connectivity index is 2.13. The lowest BCUT2D eigenvalue weighted by Crippen LogP contribution is -2.38. The summed E-state index contributed by atoms with van der Waals surface area (Å²) in [5.74, 6) is 0.465. The Morgan fingerprint density at radius 3 is 3.00 bits per heavy atom. The van der Waals surface area contributed by atoms with Gasteiger partial charge in [-0.15, -0.1) is 10.2 Å². The van der Waals surface area contributed by atoms with Crippen LogP contribution in [0, 0.1) is 0 Å². The van der Waals surface area contributed by atoms with E-state index in [1.54, 1.807) is 0 Å². The highest BCUT2D eigenvalue weighted by Crippen LogP contribution is 2.27. The molecule has 6 nitrogen and oxygen atoms in total. The van der Waals surface area contributed by atoms with E-state index in [0.717, 1.165) is 38.6 Å². The topological polar surface area (TPSA) is 74.8 Å². The zero-order valence-electron chi connectivity index (χ0n) is 11.1. The number of hydrogen-bond donors (Lipinski definition) is 1. The number of nitrogens with one attached hydrogen (secondary N) is 1. The number of hydrogen-bond acceptors (Lipinski definition) is 4. The molecule has 0 aliphatic carbocycles. The van der Waals surface area contributed by atoms with Gasteiger partial charge in [0.25, 0.3) is 0 Å². The summed E-state index contributed by atoms with van der Waals surface area (Å²) in [5.41, 5.74) is 0. The fraction of sp³-hybridized carbons (Fsp3) is 0.833. The monoisotopic (exact) mass is 251 g/mol. The normalized spacial score (nSPS) is 21.2. The van der Waals surface area contributed by atoms with E-state index in [0.29, 0.717) is 11.9 Å². The third kappa shape index (κ3) is 2.52. The van der Waals surface area contributed by atoms with Crippen molar-refractivity contribution in [3.8, 4) is 0 Å². The number of tetrazole rings is 1. The standard InChI is InChI=1S/C12H21N5O/c1-3-6-10(11-13-15-16-14-11)12(18)17-8-5-7-9(17)4-2/h9-10H,3-8H2,1-2H3,(H,13,14,15,16). The smallest absolute Gasteiger partial charge is 0.233 e. The Morgan fingerprint density at radius 1 is 1.56 bits per heavy atom. The summed E-state index contributed by atoms with van der Waals surface area (Å²) in [6.45, 7) is 5.08. The van der Waals surface area contributed by atoms with E-state index in [1.165, 1.54) is 0 Å². The zero-order valence-corrected chi connectivity index (χ0v) is 11.1. The summed E-state index contributed by atoms with van der Waals surface area (Å²) in [5, 5.41) is 14.0. The molecule has 0 bridgehead atoms. The van der Waals surface area contributed by atoms with Gasteiger partial charge in [0.05, 0.1) is 0 Å². The van der Waals surface area contributed by atoms with Crippen LogP contribution in [0.15, 0.2) is 0 Å². The highest BCUT2D eigenvalue weighted by Gasteiger charge is 2.34. The average molecular weight is 251 g/mol. The van der Waals surface area contributed by atoms with Crippen LogP contribution in [0.25, 0.3) is 0 Å². The highest BCUT2D eigenvalue weighted by molar-refractivity contribution is 5.83. The van der Waals surface area contributed by atoms with Crippen LogP contribution in [0.4, 0.5) is 0 Å². The predicted octanol–water partition coefficient (Wildman–Crippen LogP) is 1.48. The molecular formula is C12H21N5O. The minimum Gasteiger partial charge on any atom is -0.339 e. The van der Waals surface area contributed by atoms with Crippen molar-refractivity contribution in [2.75, 3.05) is 6.54 Å². The van der Waals surface area contributed by atoms with E-state index in [9.17, 15) is 4.79 Å². The van der Waals surface area contributed by atoms with E-state index in [4.69, 9.17) is 0 Å². The van der Waals surface area contributed by atoms with Crippen LogP contribution >= 0.6 is 0 Å². The second kappa shape index (κ2) is 5.93. The van der Waals surface area contributed by atoms with E-state index >= 15 is 0 Å². The number of nitrogens with zero attached hydrogens (tertiary/aromatic N) is 4. The Morgan fingerprint density at radius 2 is 2.39 bits per heavy atom. The molecule has 0 spiro atoms. The molecule has 1 saturated heterocycles. The molecule has 1 aromatic rings. The molecular weight excluding hydrogens is 230 g/mol. The van der Waals surface area contributed by atoms with Crippen LogP contribution in [0.3, 0.4) is 0 Å². The van der Waals surface area contributed by atoms with Crippen molar-refractivity contribution in [2.45, 2.75) is 57.9 Å². The van der Waals surface area contributed by atoms with Gasteiger partial charge in [0.1, 0.15) is 5.92 Å². The second-order valence-electron chi connectivity index (χ2n) is 4.85. The van der Waals surface area contributed by atoms with Crippen molar-refractivity contribution in [3.63, 3.8) is 0 Å². The maximum atomic E-state index is 12.6. The average Bonchev–Trinajstić information content (AvgIpc) is 3.05. The fourth-order valence-electron chi connectivity index (χ4n) is 2.72. The van der Waals surface area contributed by atoms with Crippen LogP contribution < -0.4 is 0 Å². The highest BCUT2D eigenvalue weighted by atomic mass is 16.2. The Labute approximate surface area is 107 Å². The number of carbonyl (C=O) groups is 1. The van der Waals surface area contributed by atoms with E-state index in [2.05, 4.69) is 34.5 Å². The third-order valence-corrected chi connectivity index (χ3v) is 3.68. The summed E-state index contributed by atoms with van der Waals surface area (Å²) < 4.78 is 0. The lowest BCUT2D eigenvalue weighted by Gasteiger charge is -2.27. The molecule has 1 aliphatic rings. The Kier molecular flexibility index (Phi) is 4.28. The first-order valence-corrected chi connectivity index (χ1v) is 6.81. The number of carbonyl (C=O) groups excluding carboxylic acids is 1. The molecule has 1 aliphatic heterocycles. The molecule has 0 radical (unpaired) electrons. The first kappa shape index (κ1) is 13.0. The summed E-state index contributed by atoms with van der Waals surface area (Å²) in [7, 11) is 0. The first-order chi connectivity index (χ1) is 8.77. The quantitative estimate of drug-likeness (QED) is 0.860. The number of rotatable bonds is 5. The largest absolute Gasteiger partial charge is 0.339 e. The van der Waals surface area contributed by atoms with Crippen molar-refractivity contribution in [1.29, 1.82) is 0 Å². The molecule has 1 fully saturated rings. The summed E-state index contributed by atoms with van der Waals surface area (Å²) in [6, 6.07) is 0.392. The molecule has 2 rings (SSSR count). The zero-order chi connectivity index (χ0) is 13.0. The molecule has 0 saturated carbocycles. The molecule has 1 N–H and O–H groups in total. The van der Waals surface area contributed by atoms with Crippen LogP contribution in [0.1, 0.15) is 57.7 Å². The maximum absolute atomic E-state index is 12.6. The van der Waals surface area contributed by atoms with E-state index in [1.807, 2.05) is 4.90 Å². The Hall–Kier alpha value is -1.46. The molecule has 100 valence electrons. The van der Waals surface area contributed by atoms with Crippen LogP contribution in [-0.4, -0.2) is 44.0 Å². The number of H-pyrrole nitrogens is 1. The van der Waals surface area contributed by atoms with Gasteiger partial charge in [-0.1, -0.05) is 25.5 Å². The van der Waals surface area contributed by atoms with E-state index < -0.39 is 0 Å². The molecule has 1 amide bonds. The van der Waals surface area contributed by atoms with E-state index in [-0.39, 0.29) is 11.8 Å². The summed E-state index contributed by atoms with van der Waals surface area (Å²) in [4.78, 5) is 14.6. The fourth-order valence-corrected chi connectivity index (χ4v) is 2.72. The maximum Gasteiger partial charge on any atom is 0.233 e. The summed E-state index contributed by atoms with van der Waals surface area (Å²) >= 11 is 0. The van der Waals surface area contributed by atoms with Gasteiger partial charge in [-0.25, -0.2) is 0 Å². The number of aromatic amines is 1. The van der Waals surface area contributed by atoms with Crippen LogP contribution in [0.5, 0.6) is 0 Å². The molecule has 0 aromatic carbocycles.